The highest BCUT2D eigenvalue weighted by atomic mass is 16.5. The van der Waals surface area contributed by atoms with Crippen LogP contribution in [-0.2, 0) is 0 Å². The highest BCUT2D eigenvalue weighted by molar-refractivity contribution is 5.26. The highest BCUT2D eigenvalue weighted by Crippen LogP contribution is 2.11. The Balaban J connectivity index is 2.13. The van der Waals surface area contributed by atoms with Gasteiger partial charge in [0.2, 0.25) is 0 Å². The number of aryl methyl sites for hydroxylation is 1. The Hall–Kier alpha value is -1.10. The van der Waals surface area contributed by atoms with Gasteiger partial charge in [0.25, 0.3) is 0 Å². The second-order valence-electron chi connectivity index (χ2n) is 4.62. The van der Waals surface area contributed by atoms with E-state index < -0.39 is 6.10 Å². The van der Waals surface area contributed by atoms with Gasteiger partial charge in [-0.2, -0.15) is 0 Å². The molecule has 3 N–H and O–H groups in total. The van der Waals surface area contributed by atoms with Gasteiger partial charge in [-0.25, -0.2) is 0 Å². The van der Waals surface area contributed by atoms with Crippen LogP contribution in [0.2, 0.25) is 0 Å². The summed E-state index contributed by atoms with van der Waals surface area (Å²) >= 11 is 0. The molecule has 18 heavy (non-hydrogen) atoms. The Labute approximate surface area is 109 Å². The van der Waals surface area contributed by atoms with Crippen molar-refractivity contribution in [2.75, 3.05) is 19.7 Å². The van der Waals surface area contributed by atoms with E-state index in [-0.39, 0.29) is 12.7 Å². The van der Waals surface area contributed by atoms with Crippen LogP contribution >= 0.6 is 0 Å². The molecule has 4 heteroatoms. The zero-order valence-electron chi connectivity index (χ0n) is 11.1. The zero-order valence-corrected chi connectivity index (χ0v) is 11.1. The molecule has 0 aliphatic heterocycles. The summed E-state index contributed by atoms with van der Waals surface area (Å²) in [5.41, 5.74) is 1.18. The first-order valence-corrected chi connectivity index (χ1v) is 6.34. The van der Waals surface area contributed by atoms with Crippen molar-refractivity contribution in [2.45, 2.75) is 32.5 Å². The summed E-state index contributed by atoms with van der Waals surface area (Å²) in [4.78, 5) is 0. The van der Waals surface area contributed by atoms with Gasteiger partial charge in [-0.15, -0.1) is 0 Å². The topological polar surface area (TPSA) is 61.7 Å². The molecule has 0 aliphatic carbocycles. The van der Waals surface area contributed by atoms with Crippen molar-refractivity contribution in [1.29, 1.82) is 0 Å². The summed E-state index contributed by atoms with van der Waals surface area (Å²) in [7, 11) is 0. The van der Waals surface area contributed by atoms with Crippen molar-refractivity contribution >= 4 is 0 Å². The minimum atomic E-state index is -0.541. The first-order valence-electron chi connectivity index (χ1n) is 6.34. The number of hydrogen-bond donors (Lipinski definition) is 3. The molecule has 0 fully saturated rings. The molecule has 102 valence electrons. The molecule has 2 atom stereocenters. The van der Waals surface area contributed by atoms with Gasteiger partial charge in [-0.1, -0.05) is 17.7 Å². The minimum absolute atomic E-state index is 0.269. The highest BCUT2D eigenvalue weighted by Gasteiger charge is 2.05. The van der Waals surface area contributed by atoms with E-state index in [0.717, 1.165) is 5.75 Å². The molecule has 0 heterocycles. The average Bonchev–Trinajstić information content (AvgIpc) is 2.34. The molecule has 4 nitrogen and oxygen atoms in total. The fraction of sp³-hybridized carbons (Fsp3) is 0.571. The predicted molar refractivity (Wildman–Crippen MR) is 71.8 cm³/mol. The van der Waals surface area contributed by atoms with Crippen molar-refractivity contribution in [3.8, 4) is 5.75 Å². The quantitative estimate of drug-likeness (QED) is 0.607. The molecule has 0 spiro atoms. The first-order chi connectivity index (χ1) is 8.58. The summed E-state index contributed by atoms with van der Waals surface area (Å²) in [5.74, 6) is 0.767. The molecule has 2 unspecified atom stereocenters. The fourth-order valence-electron chi connectivity index (χ4n) is 1.47. The molecule has 0 saturated carbocycles. The predicted octanol–water partition coefficient (Wildman–Crippen LogP) is 1.10. The first kappa shape index (κ1) is 15.0. The van der Waals surface area contributed by atoms with Crippen LogP contribution in [0.4, 0.5) is 0 Å². The van der Waals surface area contributed by atoms with E-state index in [0.29, 0.717) is 19.5 Å². The van der Waals surface area contributed by atoms with Gasteiger partial charge in [0.1, 0.15) is 18.5 Å². The minimum Gasteiger partial charge on any atom is -0.491 e. The van der Waals surface area contributed by atoms with Crippen LogP contribution in [0.3, 0.4) is 0 Å². The van der Waals surface area contributed by atoms with E-state index in [1.165, 1.54) is 5.56 Å². The molecule has 0 aromatic heterocycles. The number of aliphatic hydroxyl groups is 2. The molecule has 0 amide bonds. The summed E-state index contributed by atoms with van der Waals surface area (Å²) in [6.45, 7) is 5.20. The Morgan fingerprint density at radius 1 is 1.22 bits per heavy atom. The average molecular weight is 253 g/mol. The molecule has 0 bridgehead atoms. The maximum Gasteiger partial charge on any atom is 0.119 e. The van der Waals surface area contributed by atoms with Gasteiger partial charge in [-0.3, -0.25) is 0 Å². The molecule has 0 radical (unpaired) electrons. The maximum atomic E-state index is 9.68. The zero-order chi connectivity index (χ0) is 13.4. The number of hydrogen-bond acceptors (Lipinski definition) is 4. The number of aliphatic hydroxyl groups excluding tert-OH is 2. The van der Waals surface area contributed by atoms with Crippen LogP contribution in [0, 0.1) is 6.92 Å². The number of benzene rings is 1. The summed E-state index contributed by atoms with van der Waals surface area (Å²) in [6.07, 6.45) is -0.162. The molecular weight excluding hydrogens is 230 g/mol. The van der Waals surface area contributed by atoms with Crippen molar-refractivity contribution in [3.05, 3.63) is 29.8 Å². The lowest BCUT2D eigenvalue weighted by atomic mass is 10.2. The largest absolute Gasteiger partial charge is 0.491 e. The van der Waals surface area contributed by atoms with E-state index in [1.807, 2.05) is 31.2 Å². The third-order valence-electron chi connectivity index (χ3n) is 2.58. The number of rotatable bonds is 8. The number of nitrogens with one attached hydrogen (secondary N) is 1. The normalized spacial score (nSPS) is 14.2. The van der Waals surface area contributed by atoms with Crippen molar-refractivity contribution < 1.29 is 14.9 Å². The monoisotopic (exact) mass is 253 g/mol. The van der Waals surface area contributed by atoms with Gasteiger partial charge in [0.05, 0.1) is 6.10 Å². The number of ether oxygens (including phenoxy) is 1. The third kappa shape index (κ3) is 6.59. The second kappa shape index (κ2) is 8.08. The lowest BCUT2D eigenvalue weighted by molar-refractivity contribution is 0.104. The Morgan fingerprint density at radius 3 is 2.50 bits per heavy atom. The van der Waals surface area contributed by atoms with Gasteiger partial charge in [0.15, 0.2) is 0 Å². The van der Waals surface area contributed by atoms with Gasteiger partial charge >= 0.3 is 0 Å². The lowest BCUT2D eigenvalue weighted by Crippen LogP contribution is -2.32. The van der Waals surface area contributed by atoms with Crippen LogP contribution < -0.4 is 10.1 Å². The van der Waals surface area contributed by atoms with E-state index in [2.05, 4.69) is 5.32 Å². The SMILES string of the molecule is Cc1ccc(OCC(O)CNCCC(C)O)cc1. The van der Waals surface area contributed by atoms with Gasteiger partial charge in [-0.05, 0) is 38.9 Å². The molecular formula is C14H23NO3. The van der Waals surface area contributed by atoms with E-state index in [1.54, 1.807) is 6.92 Å². The maximum absolute atomic E-state index is 9.68. The van der Waals surface area contributed by atoms with E-state index in [9.17, 15) is 5.11 Å². The van der Waals surface area contributed by atoms with E-state index in [4.69, 9.17) is 9.84 Å². The van der Waals surface area contributed by atoms with Crippen molar-refractivity contribution in [2.24, 2.45) is 0 Å². The lowest BCUT2D eigenvalue weighted by Gasteiger charge is -2.13. The van der Waals surface area contributed by atoms with Crippen LogP contribution in [0.15, 0.2) is 24.3 Å². The van der Waals surface area contributed by atoms with Crippen molar-refractivity contribution in [1.82, 2.24) is 5.32 Å². The molecule has 1 aromatic rings. The molecule has 0 aliphatic rings. The van der Waals surface area contributed by atoms with E-state index >= 15 is 0 Å². The molecule has 0 saturated heterocycles. The Morgan fingerprint density at radius 2 is 1.89 bits per heavy atom. The van der Waals surface area contributed by atoms with Crippen LogP contribution in [0.25, 0.3) is 0 Å². The third-order valence-corrected chi connectivity index (χ3v) is 2.58. The van der Waals surface area contributed by atoms with Crippen molar-refractivity contribution in [3.63, 3.8) is 0 Å². The second-order valence-corrected chi connectivity index (χ2v) is 4.62. The van der Waals surface area contributed by atoms with Crippen LogP contribution in [0.5, 0.6) is 5.75 Å². The fourth-order valence-corrected chi connectivity index (χ4v) is 1.47. The van der Waals surface area contributed by atoms with Crippen LogP contribution in [-0.4, -0.2) is 42.1 Å². The van der Waals surface area contributed by atoms with Gasteiger partial charge < -0.3 is 20.3 Å². The van der Waals surface area contributed by atoms with Crippen LogP contribution in [0.1, 0.15) is 18.9 Å². The summed E-state index contributed by atoms with van der Waals surface area (Å²) < 4.78 is 5.46. The Kier molecular flexibility index (Phi) is 6.72. The smallest absolute Gasteiger partial charge is 0.119 e. The standard InChI is InChI=1S/C14H23NO3/c1-11-3-5-14(6-4-11)18-10-13(17)9-15-8-7-12(2)16/h3-6,12-13,15-17H,7-10H2,1-2H3. The Bertz CT molecular complexity index is 324. The summed E-state index contributed by atoms with van der Waals surface area (Å²) in [5, 5.41) is 21.8. The van der Waals surface area contributed by atoms with Gasteiger partial charge in [0, 0.05) is 6.54 Å². The summed E-state index contributed by atoms with van der Waals surface area (Å²) in [6, 6.07) is 7.73. The molecule has 1 rings (SSSR count). The molecule has 1 aromatic carbocycles.